The molecule has 0 saturated carbocycles. The summed E-state index contributed by atoms with van der Waals surface area (Å²) in [5.41, 5.74) is 8.56. The largest absolute Gasteiger partial charge is 0.496 e. The molecule has 0 aliphatic rings. The molecule has 0 aromatic heterocycles. The fourth-order valence-electron chi connectivity index (χ4n) is 2.50. The molecule has 3 nitrogen and oxygen atoms in total. The first kappa shape index (κ1) is 19.5. The van der Waals surface area contributed by atoms with Gasteiger partial charge in [0.15, 0.2) is 11.6 Å². The Bertz CT molecular complexity index is 885. The average molecular weight is 378 g/mol. The van der Waals surface area contributed by atoms with E-state index >= 15 is 0 Å². The average Bonchev–Trinajstić information content (AvgIpc) is 2.62. The second-order valence-electron chi connectivity index (χ2n) is 5.52. The van der Waals surface area contributed by atoms with Crippen molar-refractivity contribution in [1.29, 1.82) is 0 Å². The van der Waals surface area contributed by atoms with Crippen LogP contribution in [-0.4, -0.2) is 7.11 Å². The standard InChI is InChI=1S/C20H17F2NO2.ClH/c1-24-20-11-19(22)18(21)10-17(20)14-5-7-16(8-6-14)25-12-13-3-2-4-15(23)9-13;/h2-11H,12,23H2,1H3;1H. The van der Waals surface area contributed by atoms with Crippen LogP contribution in [0.3, 0.4) is 0 Å². The highest BCUT2D eigenvalue weighted by atomic mass is 35.5. The third-order valence-electron chi connectivity index (χ3n) is 3.76. The Kier molecular flexibility index (Phi) is 6.41. The summed E-state index contributed by atoms with van der Waals surface area (Å²) in [5.74, 6) is -0.930. The molecule has 0 amide bonds. The number of benzene rings is 3. The highest BCUT2D eigenvalue weighted by Crippen LogP contribution is 2.33. The maximum atomic E-state index is 13.5. The lowest BCUT2D eigenvalue weighted by atomic mass is 10.0. The van der Waals surface area contributed by atoms with Crippen LogP contribution in [0.15, 0.2) is 60.7 Å². The maximum absolute atomic E-state index is 13.5. The molecule has 2 N–H and O–H groups in total. The van der Waals surface area contributed by atoms with Gasteiger partial charge in [-0.25, -0.2) is 8.78 Å². The lowest BCUT2D eigenvalue weighted by Gasteiger charge is -2.11. The molecule has 0 atom stereocenters. The van der Waals surface area contributed by atoms with Crippen LogP contribution in [0.2, 0.25) is 0 Å². The molecule has 0 radical (unpaired) electrons. The predicted molar refractivity (Wildman–Crippen MR) is 101 cm³/mol. The Morgan fingerprint density at radius 3 is 2.27 bits per heavy atom. The van der Waals surface area contributed by atoms with Crippen molar-refractivity contribution in [2.24, 2.45) is 0 Å². The molecule has 136 valence electrons. The van der Waals surface area contributed by atoms with Crippen LogP contribution in [0.4, 0.5) is 14.5 Å². The second kappa shape index (κ2) is 8.54. The lowest BCUT2D eigenvalue weighted by molar-refractivity contribution is 0.306. The number of hydrogen-bond acceptors (Lipinski definition) is 3. The summed E-state index contributed by atoms with van der Waals surface area (Å²) < 4.78 is 37.7. The minimum Gasteiger partial charge on any atom is -0.496 e. The quantitative estimate of drug-likeness (QED) is 0.620. The Morgan fingerprint density at radius 1 is 0.923 bits per heavy atom. The van der Waals surface area contributed by atoms with Crippen LogP contribution < -0.4 is 15.2 Å². The molecular weight excluding hydrogens is 360 g/mol. The van der Waals surface area contributed by atoms with E-state index in [9.17, 15) is 8.78 Å². The number of nitrogen functional groups attached to an aromatic ring is 1. The molecule has 0 unspecified atom stereocenters. The van der Waals surface area contributed by atoms with Crippen molar-refractivity contribution in [3.05, 3.63) is 77.9 Å². The van der Waals surface area contributed by atoms with E-state index < -0.39 is 11.6 Å². The van der Waals surface area contributed by atoms with Crippen molar-refractivity contribution in [2.45, 2.75) is 6.61 Å². The zero-order valence-corrected chi connectivity index (χ0v) is 14.9. The fraction of sp³-hybridized carbons (Fsp3) is 0.100. The Labute approximate surface area is 156 Å². The molecule has 0 fully saturated rings. The molecule has 3 aromatic carbocycles. The van der Waals surface area contributed by atoms with E-state index in [0.29, 0.717) is 29.2 Å². The molecule has 0 heterocycles. The monoisotopic (exact) mass is 377 g/mol. The number of ether oxygens (including phenoxy) is 2. The van der Waals surface area contributed by atoms with Gasteiger partial charge in [0.25, 0.3) is 0 Å². The van der Waals surface area contributed by atoms with E-state index in [2.05, 4.69) is 0 Å². The van der Waals surface area contributed by atoms with E-state index in [-0.39, 0.29) is 18.2 Å². The highest BCUT2D eigenvalue weighted by molar-refractivity contribution is 5.85. The SMILES string of the molecule is COc1cc(F)c(F)cc1-c1ccc(OCc2cccc(N)c2)cc1.Cl. The van der Waals surface area contributed by atoms with E-state index in [0.717, 1.165) is 17.7 Å². The summed E-state index contributed by atoms with van der Waals surface area (Å²) in [4.78, 5) is 0. The number of rotatable bonds is 5. The summed E-state index contributed by atoms with van der Waals surface area (Å²) in [7, 11) is 1.42. The van der Waals surface area contributed by atoms with Crippen LogP contribution in [0.25, 0.3) is 11.1 Å². The molecule has 0 aliphatic carbocycles. The highest BCUT2D eigenvalue weighted by Gasteiger charge is 2.12. The number of anilines is 1. The van der Waals surface area contributed by atoms with Gasteiger partial charge in [-0.2, -0.15) is 0 Å². The summed E-state index contributed by atoms with van der Waals surface area (Å²) in [5, 5.41) is 0. The van der Waals surface area contributed by atoms with Crippen molar-refractivity contribution >= 4 is 18.1 Å². The zero-order valence-electron chi connectivity index (χ0n) is 14.0. The van der Waals surface area contributed by atoms with Gasteiger partial charge in [-0.3, -0.25) is 0 Å². The van der Waals surface area contributed by atoms with Gasteiger partial charge in [-0.1, -0.05) is 24.3 Å². The third kappa shape index (κ3) is 4.43. The van der Waals surface area contributed by atoms with Gasteiger partial charge in [-0.05, 0) is 41.5 Å². The number of hydrogen-bond donors (Lipinski definition) is 1. The summed E-state index contributed by atoms with van der Waals surface area (Å²) >= 11 is 0. The first-order valence-corrected chi connectivity index (χ1v) is 7.67. The van der Waals surface area contributed by atoms with Gasteiger partial charge in [0.2, 0.25) is 0 Å². The molecule has 0 saturated heterocycles. The molecule has 6 heteroatoms. The minimum atomic E-state index is -0.942. The molecule has 3 rings (SSSR count). The molecule has 0 bridgehead atoms. The van der Waals surface area contributed by atoms with Crippen LogP contribution >= 0.6 is 12.4 Å². The molecule has 0 spiro atoms. The van der Waals surface area contributed by atoms with Crippen LogP contribution in [0.1, 0.15) is 5.56 Å². The predicted octanol–water partition coefficient (Wildman–Crippen LogP) is 5.22. The van der Waals surface area contributed by atoms with Crippen molar-refractivity contribution in [3.8, 4) is 22.6 Å². The summed E-state index contributed by atoms with van der Waals surface area (Å²) in [6.45, 7) is 0.388. The zero-order chi connectivity index (χ0) is 17.8. The molecule has 26 heavy (non-hydrogen) atoms. The van der Waals surface area contributed by atoms with Gasteiger partial charge in [-0.15, -0.1) is 12.4 Å². The normalized spacial score (nSPS) is 10.1. The third-order valence-corrected chi connectivity index (χ3v) is 3.76. The smallest absolute Gasteiger partial charge is 0.162 e. The second-order valence-corrected chi connectivity index (χ2v) is 5.52. The lowest BCUT2D eigenvalue weighted by Crippen LogP contribution is -1.97. The van der Waals surface area contributed by atoms with E-state index in [1.165, 1.54) is 7.11 Å². The molecular formula is C20H18ClF2NO2. The first-order chi connectivity index (χ1) is 12.1. The van der Waals surface area contributed by atoms with E-state index in [1.54, 1.807) is 24.3 Å². The van der Waals surface area contributed by atoms with Gasteiger partial charge >= 0.3 is 0 Å². The molecule has 3 aromatic rings. The van der Waals surface area contributed by atoms with Crippen molar-refractivity contribution in [2.75, 3.05) is 12.8 Å². The van der Waals surface area contributed by atoms with Crippen molar-refractivity contribution < 1.29 is 18.3 Å². The maximum Gasteiger partial charge on any atom is 0.162 e. The summed E-state index contributed by atoms with van der Waals surface area (Å²) in [6, 6.07) is 16.7. The first-order valence-electron chi connectivity index (χ1n) is 7.67. The number of methoxy groups -OCH3 is 1. The van der Waals surface area contributed by atoms with Gasteiger partial charge in [0, 0.05) is 17.3 Å². The number of halogens is 3. The van der Waals surface area contributed by atoms with Gasteiger partial charge in [0.1, 0.15) is 18.1 Å². The van der Waals surface area contributed by atoms with Crippen molar-refractivity contribution in [1.82, 2.24) is 0 Å². The Balaban J connectivity index is 0.00000243. The Hall–Kier alpha value is -2.79. The number of nitrogens with two attached hydrogens (primary N) is 1. The Morgan fingerprint density at radius 2 is 1.62 bits per heavy atom. The van der Waals surface area contributed by atoms with Crippen molar-refractivity contribution in [3.63, 3.8) is 0 Å². The minimum absolute atomic E-state index is 0. The fourth-order valence-corrected chi connectivity index (χ4v) is 2.50. The van der Waals surface area contributed by atoms with Crippen LogP contribution in [0.5, 0.6) is 11.5 Å². The molecule has 0 aliphatic heterocycles. The van der Waals surface area contributed by atoms with Gasteiger partial charge in [0.05, 0.1) is 7.11 Å². The van der Waals surface area contributed by atoms with E-state index in [4.69, 9.17) is 15.2 Å². The van der Waals surface area contributed by atoms with Gasteiger partial charge < -0.3 is 15.2 Å². The van der Waals surface area contributed by atoms with Crippen LogP contribution in [-0.2, 0) is 6.61 Å². The summed E-state index contributed by atoms with van der Waals surface area (Å²) in [6.07, 6.45) is 0. The van der Waals surface area contributed by atoms with Crippen LogP contribution in [0, 0.1) is 11.6 Å². The topological polar surface area (TPSA) is 44.5 Å². The van der Waals surface area contributed by atoms with E-state index in [1.807, 2.05) is 24.3 Å².